The van der Waals surface area contributed by atoms with E-state index in [0.717, 1.165) is 48.6 Å². The second-order valence-electron chi connectivity index (χ2n) is 5.47. The molecule has 0 unspecified atom stereocenters. The standard InChI is InChI=1S/C17H17FN4/c18-13-6-7-15-16(12-13)22(14-4-2-1-3-5-14)20-17(15)21-10-8-19-9-11-21/h1-7,12,19H,8-11H2. The number of nitrogens with one attached hydrogen (secondary N) is 1. The number of anilines is 1. The molecular weight excluding hydrogens is 279 g/mol. The first-order valence-corrected chi connectivity index (χ1v) is 7.52. The van der Waals surface area contributed by atoms with Crippen molar-refractivity contribution in [1.29, 1.82) is 0 Å². The van der Waals surface area contributed by atoms with Crippen molar-refractivity contribution in [2.45, 2.75) is 0 Å². The summed E-state index contributed by atoms with van der Waals surface area (Å²) in [5.41, 5.74) is 1.75. The van der Waals surface area contributed by atoms with Gasteiger partial charge in [-0.2, -0.15) is 0 Å². The molecule has 1 aliphatic rings. The first kappa shape index (κ1) is 13.3. The summed E-state index contributed by atoms with van der Waals surface area (Å²) in [6.45, 7) is 3.72. The number of fused-ring (bicyclic) bond motifs is 1. The van der Waals surface area contributed by atoms with Gasteiger partial charge in [-0.3, -0.25) is 0 Å². The van der Waals surface area contributed by atoms with E-state index in [1.807, 2.05) is 41.1 Å². The number of para-hydroxylation sites is 1. The van der Waals surface area contributed by atoms with Gasteiger partial charge in [0.05, 0.1) is 11.2 Å². The molecule has 112 valence electrons. The summed E-state index contributed by atoms with van der Waals surface area (Å²) in [5, 5.41) is 9.11. The van der Waals surface area contributed by atoms with Crippen LogP contribution in [0.1, 0.15) is 0 Å². The van der Waals surface area contributed by atoms with Crippen molar-refractivity contribution in [1.82, 2.24) is 15.1 Å². The predicted octanol–water partition coefficient (Wildman–Crippen LogP) is 2.57. The van der Waals surface area contributed by atoms with Gasteiger partial charge in [0.15, 0.2) is 5.82 Å². The van der Waals surface area contributed by atoms with Crippen LogP contribution in [0.15, 0.2) is 48.5 Å². The minimum atomic E-state index is -0.239. The molecule has 4 nitrogen and oxygen atoms in total. The topological polar surface area (TPSA) is 33.1 Å². The van der Waals surface area contributed by atoms with Crippen LogP contribution in [0.2, 0.25) is 0 Å². The van der Waals surface area contributed by atoms with Crippen LogP contribution in [0.5, 0.6) is 0 Å². The third-order valence-electron chi connectivity index (χ3n) is 4.04. The first-order valence-electron chi connectivity index (χ1n) is 7.52. The summed E-state index contributed by atoms with van der Waals surface area (Å²) in [4.78, 5) is 2.26. The van der Waals surface area contributed by atoms with Gasteiger partial charge in [0, 0.05) is 37.6 Å². The van der Waals surface area contributed by atoms with Crippen LogP contribution >= 0.6 is 0 Å². The molecule has 2 aromatic carbocycles. The Morgan fingerprint density at radius 3 is 2.55 bits per heavy atom. The van der Waals surface area contributed by atoms with Crippen molar-refractivity contribution in [3.8, 4) is 5.69 Å². The van der Waals surface area contributed by atoms with E-state index in [2.05, 4.69) is 10.2 Å². The molecule has 4 rings (SSSR count). The molecule has 0 spiro atoms. The highest BCUT2D eigenvalue weighted by Crippen LogP contribution is 2.29. The molecule has 1 saturated heterocycles. The zero-order chi connectivity index (χ0) is 14.9. The molecule has 2 heterocycles. The SMILES string of the molecule is Fc1ccc2c(N3CCNCC3)nn(-c3ccccc3)c2c1. The van der Waals surface area contributed by atoms with E-state index in [1.54, 1.807) is 6.07 Å². The molecular formula is C17H17FN4. The zero-order valence-corrected chi connectivity index (χ0v) is 12.2. The largest absolute Gasteiger partial charge is 0.352 e. The Kier molecular flexibility index (Phi) is 3.27. The molecule has 0 aliphatic carbocycles. The van der Waals surface area contributed by atoms with E-state index >= 15 is 0 Å². The highest BCUT2D eigenvalue weighted by molar-refractivity contribution is 5.92. The van der Waals surface area contributed by atoms with E-state index in [4.69, 9.17) is 5.10 Å². The molecule has 5 heteroatoms. The van der Waals surface area contributed by atoms with Gasteiger partial charge >= 0.3 is 0 Å². The fourth-order valence-electron chi connectivity index (χ4n) is 2.95. The van der Waals surface area contributed by atoms with Crippen LogP contribution in [0.4, 0.5) is 10.2 Å². The number of hydrogen-bond donors (Lipinski definition) is 1. The lowest BCUT2D eigenvalue weighted by Crippen LogP contribution is -2.43. The van der Waals surface area contributed by atoms with Gasteiger partial charge in [-0.15, -0.1) is 5.10 Å². The van der Waals surface area contributed by atoms with E-state index in [0.29, 0.717) is 0 Å². The quantitative estimate of drug-likeness (QED) is 0.789. The molecule has 0 amide bonds. The van der Waals surface area contributed by atoms with E-state index in [9.17, 15) is 4.39 Å². The summed E-state index contributed by atoms with van der Waals surface area (Å²) >= 11 is 0. The molecule has 0 saturated carbocycles. The maximum atomic E-state index is 13.7. The van der Waals surface area contributed by atoms with Crippen LogP contribution in [-0.2, 0) is 0 Å². The number of benzene rings is 2. The molecule has 1 aliphatic heterocycles. The second kappa shape index (κ2) is 5.42. The second-order valence-corrected chi connectivity index (χ2v) is 5.47. The van der Waals surface area contributed by atoms with Gasteiger partial charge in [-0.05, 0) is 24.3 Å². The Hall–Kier alpha value is -2.40. The highest BCUT2D eigenvalue weighted by Gasteiger charge is 2.19. The molecule has 0 radical (unpaired) electrons. The van der Waals surface area contributed by atoms with E-state index in [-0.39, 0.29) is 5.82 Å². The number of halogens is 1. The Labute approximate surface area is 128 Å². The van der Waals surface area contributed by atoms with Crippen LogP contribution < -0.4 is 10.2 Å². The van der Waals surface area contributed by atoms with E-state index in [1.165, 1.54) is 6.07 Å². The average Bonchev–Trinajstić information content (AvgIpc) is 2.95. The van der Waals surface area contributed by atoms with Gasteiger partial charge in [0.2, 0.25) is 0 Å². The molecule has 22 heavy (non-hydrogen) atoms. The Morgan fingerprint density at radius 1 is 1.00 bits per heavy atom. The number of piperazine rings is 1. The van der Waals surface area contributed by atoms with Gasteiger partial charge in [-0.25, -0.2) is 9.07 Å². The van der Waals surface area contributed by atoms with Crippen molar-refractivity contribution in [3.63, 3.8) is 0 Å². The minimum absolute atomic E-state index is 0.239. The molecule has 1 aromatic heterocycles. The summed E-state index contributed by atoms with van der Waals surface area (Å²) in [6, 6.07) is 14.8. The number of hydrogen-bond acceptors (Lipinski definition) is 3. The zero-order valence-electron chi connectivity index (χ0n) is 12.2. The van der Waals surface area contributed by atoms with Gasteiger partial charge in [0.1, 0.15) is 5.82 Å². The minimum Gasteiger partial charge on any atom is -0.352 e. The fraction of sp³-hybridized carbons (Fsp3) is 0.235. The Morgan fingerprint density at radius 2 is 1.77 bits per heavy atom. The fourth-order valence-corrected chi connectivity index (χ4v) is 2.95. The monoisotopic (exact) mass is 296 g/mol. The van der Waals surface area contributed by atoms with Crippen LogP contribution in [0, 0.1) is 5.82 Å². The lowest BCUT2D eigenvalue weighted by atomic mass is 10.2. The van der Waals surface area contributed by atoms with Crippen molar-refractivity contribution >= 4 is 16.7 Å². The van der Waals surface area contributed by atoms with Gasteiger partial charge in [0.25, 0.3) is 0 Å². The third kappa shape index (κ3) is 2.23. The van der Waals surface area contributed by atoms with Crippen molar-refractivity contribution in [2.24, 2.45) is 0 Å². The first-order chi connectivity index (χ1) is 10.8. The van der Waals surface area contributed by atoms with Gasteiger partial charge in [-0.1, -0.05) is 18.2 Å². The summed E-state index contributed by atoms with van der Waals surface area (Å²) in [5.74, 6) is 0.691. The van der Waals surface area contributed by atoms with Crippen LogP contribution in [0.25, 0.3) is 16.6 Å². The maximum Gasteiger partial charge on any atom is 0.159 e. The Balaban J connectivity index is 1.91. The molecule has 1 N–H and O–H groups in total. The number of rotatable bonds is 2. The molecule has 1 fully saturated rings. The summed E-state index contributed by atoms with van der Waals surface area (Å²) < 4.78 is 15.5. The van der Waals surface area contributed by atoms with Crippen molar-refractivity contribution < 1.29 is 4.39 Å². The summed E-state index contributed by atoms with van der Waals surface area (Å²) in [7, 11) is 0. The molecule has 0 bridgehead atoms. The lowest BCUT2D eigenvalue weighted by molar-refractivity contribution is 0.584. The maximum absolute atomic E-state index is 13.7. The summed E-state index contributed by atoms with van der Waals surface area (Å²) in [6.07, 6.45) is 0. The lowest BCUT2D eigenvalue weighted by Gasteiger charge is -2.27. The third-order valence-corrected chi connectivity index (χ3v) is 4.04. The number of nitrogens with zero attached hydrogens (tertiary/aromatic N) is 3. The predicted molar refractivity (Wildman–Crippen MR) is 86.1 cm³/mol. The van der Waals surface area contributed by atoms with Crippen molar-refractivity contribution in [2.75, 3.05) is 31.1 Å². The van der Waals surface area contributed by atoms with Crippen molar-refractivity contribution in [3.05, 3.63) is 54.3 Å². The Bertz CT molecular complexity index is 791. The van der Waals surface area contributed by atoms with E-state index < -0.39 is 0 Å². The van der Waals surface area contributed by atoms with Crippen LogP contribution in [-0.4, -0.2) is 36.0 Å². The normalized spacial score (nSPS) is 15.4. The molecule has 3 aromatic rings. The number of aromatic nitrogens is 2. The molecule has 0 atom stereocenters. The van der Waals surface area contributed by atoms with Crippen LogP contribution in [0.3, 0.4) is 0 Å². The average molecular weight is 296 g/mol. The smallest absolute Gasteiger partial charge is 0.159 e. The van der Waals surface area contributed by atoms with Gasteiger partial charge < -0.3 is 10.2 Å². The highest BCUT2D eigenvalue weighted by atomic mass is 19.1.